The maximum atomic E-state index is 11.0. The third-order valence-electron chi connectivity index (χ3n) is 5.33. The summed E-state index contributed by atoms with van der Waals surface area (Å²) in [4.78, 5) is 2.53. The smallest absolute Gasteiger partial charge is 0.231 e. The first kappa shape index (κ1) is 16.9. The number of halogens is 1. The van der Waals surface area contributed by atoms with Crippen LogP contribution in [0.25, 0.3) is 0 Å². The van der Waals surface area contributed by atoms with E-state index in [1.165, 1.54) is 0 Å². The van der Waals surface area contributed by atoms with E-state index in [1.54, 1.807) is 0 Å². The lowest BCUT2D eigenvalue weighted by atomic mass is 9.73. The van der Waals surface area contributed by atoms with Crippen molar-refractivity contribution in [1.82, 2.24) is 4.90 Å². The number of hydrogen-bond acceptors (Lipinski definition) is 4. The minimum absolute atomic E-state index is 0. The van der Waals surface area contributed by atoms with Crippen molar-refractivity contribution in [2.24, 2.45) is 5.92 Å². The topological polar surface area (TPSA) is 41.9 Å². The van der Waals surface area contributed by atoms with Crippen LogP contribution >= 0.6 is 11.6 Å². The second-order valence-electron chi connectivity index (χ2n) is 6.54. The molecule has 0 saturated carbocycles. The molecule has 3 aliphatic rings. The van der Waals surface area contributed by atoms with Crippen molar-refractivity contribution in [3.8, 4) is 11.5 Å². The molecule has 1 saturated heterocycles. The predicted molar refractivity (Wildman–Crippen MR) is 91.3 cm³/mol. The number of piperidine rings is 1. The third-order valence-corrected chi connectivity index (χ3v) is 5.67. The Bertz CT molecular complexity index is 590. The van der Waals surface area contributed by atoms with Crippen molar-refractivity contribution in [1.29, 1.82) is 0 Å². The van der Waals surface area contributed by atoms with Gasteiger partial charge in [0.25, 0.3) is 0 Å². The maximum absolute atomic E-state index is 11.0. The molecule has 1 fully saturated rings. The molecule has 4 nitrogen and oxygen atoms in total. The summed E-state index contributed by atoms with van der Waals surface area (Å²) in [6, 6.07) is 2.22. The third kappa shape index (κ3) is 2.61. The molecule has 0 bridgehead atoms. The summed E-state index contributed by atoms with van der Waals surface area (Å²) in [6.45, 7) is 4.64. The number of ether oxygens (including phenoxy) is 2. The van der Waals surface area contributed by atoms with Crippen molar-refractivity contribution in [2.45, 2.75) is 52.2 Å². The highest BCUT2D eigenvalue weighted by molar-refractivity contribution is 6.31. The van der Waals surface area contributed by atoms with Gasteiger partial charge in [0, 0.05) is 28.6 Å². The van der Waals surface area contributed by atoms with Crippen molar-refractivity contribution < 1.29 is 14.6 Å². The molecule has 0 spiro atoms. The molecule has 4 rings (SSSR count). The fourth-order valence-corrected chi connectivity index (χ4v) is 4.67. The molecule has 2 heterocycles. The first-order valence-corrected chi connectivity index (χ1v) is 8.61. The maximum Gasteiger partial charge on any atom is 0.231 e. The monoisotopic (exact) mass is 339 g/mol. The predicted octanol–water partition coefficient (Wildman–Crippen LogP) is 3.78. The van der Waals surface area contributed by atoms with E-state index < -0.39 is 6.10 Å². The minimum Gasteiger partial charge on any atom is -0.454 e. The summed E-state index contributed by atoms with van der Waals surface area (Å²) in [5.41, 5.74) is 1.92. The number of rotatable bonds is 2. The standard InChI is InChI=1S/C17H22ClNO3.CH4/c1-2-5-19-6-3-4-10-13(19)7-11-12(18)8-14-17(22-9-21-14)15(11)16(10)20;/h8,10,13,16,20H,2-7,9H2,1H3;1H4/t10-,13+,16?;/m0./s1. The molecule has 0 aromatic heterocycles. The van der Waals surface area contributed by atoms with Gasteiger partial charge in [0.05, 0.1) is 6.10 Å². The fraction of sp³-hybridized carbons (Fsp3) is 0.667. The molecule has 0 radical (unpaired) electrons. The number of hydrogen-bond donors (Lipinski definition) is 1. The van der Waals surface area contributed by atoms with Crippen LogP contribution in [0.4, 0.5) is 0 Å². The molecule has 1 unspecified atom stereocenters. The molecule has 3 atom stereocenters. The van der Waals surface area contributed by atoms with Gasteiger partial charge in [0.15, 0.2) is 11.5 Å². The summed E-state index contributed by atoms with van der Waals surface area (Å²) in [7, 11) is 0. The zero-order valence-electron chi connectivity index (χ0n) is 12.8. The Morgan fingerprint density at radius 1 is 1.39 bits per heavy atom. The van der Waals surface area contributed by atoms with E-state index in [1.807, 2.05) is 6.07 Å². The summed E-state index contributed by atoms with van der Waals surface area (Å²) in [6.07, 6.45) is 3.73. The van der Waals surface area contributed by atoms with Gasteiger partial charge in [-0.15, -0.1) is 0 Å². The van der Waals surface area contributed by atoms with E-state index in [-0.39, 0.29) is 20.1 Å². The molecule has 1 N–H and O–H groups in total. The van der Waals surface area contributed by atoms with Crippen LogP contribution in [0.3, 0.4) is 0 Å². The van der Waals surface area contributed by atoms with E-state index >= 15 is 0 Å². The molecule has 0 amide bonds. The first-order chi connectivity index (χ1) is 10.7. The highest BCUT2D eigenvalue weighted by Gasteiger charge is 2.44. The molecule has 5 heteroatoms. The SMILES string of the molecule is C.CCCN1CCC[C@@H]2C(O)c3c(c(Cl)cc4c3OCO4)C[C@H]21. The average Bonchev–Trinajstić information content (AvgIpc) is 2.96. The van der Waals surface area contributed by atoms with Gasteiger partial charge >= 0.3 is 0 Å². The van der Waals surface area contributed by atoms with Crippen LogP contribution in [0.1, 0.15) is 50.8 Å². The van der Waals surface area contributed by atoms with Gasteiger partial charge in [0.1, 0.15) is 0 Å². The number of nitrogens with zero attached hydrogens (tertiary/aromatic N) is 1. The van der Waals surface area contributed by atoms with Gasteiger partial charge in [-0.2, -0.15) is 0 Å². The van der Waals surface area contributed by atoms with Crippen LogP contribution in [0.5, 0.6) is 11.5 Å². The normalized spacial score (nSPS) is 28.7. The molecule has 128 valence electrons. The lowest BCUT2D eigenvalue weighted by Gasteiger charge is -2.47. The van der Waals surface area contributed by atoms with Gasteiger partial charge in [-0.3, -0.25) is 4.90 Å². The summed E-state index contributed by atoms with van der Waals surface area (Å²) < 4.78 is 11.1. The lowest BCUT2D eigenvalue weighted by molar-refractivity contribution is -0.00780. The van der Waals surface area contributed by atoms with Crippen LogP contribution in [0.2, 0.25) is 5.02 Å². The fourth-order valence-electron chi connectivity index (χ4n) is 4.39. The van der Waals surface area contributed by atoms with Crippen LogP contribution in [-0.2, 0) is 6.42 Å². The molecular weight excluding hydrogens is 314 g/mol. The molecule has 1 aromatic carbocycles. The molecule has 2 aliphatic heterocycles. The highest BCUT2D eigenvalue weighted by atomic mass is 35.5. The number of fused-ring (bicyclic) bond motifs is 4. The Morgan fingerprint density at radius 3 is 3.00 bits per heavy atom. The van der Waals surface area contributed by atoms with Crippen molar-refractivity contribution in [3.05, 3.63) is 22.2 Å². The largest absolute Gasteiger partial charge is 0.454 e. The second-order valence-corrected chi connectivity index (χ2v) is 6.95. The molecule has 1 aliphatic carbocycles. The van der Waals surface area contributed by atoms with Crippen LogP contribution < -0.4 is 9.47 Å². The number of aliphatic hydroxyl groups is 1. The quantitative estimate of drug-likeness (QED) is 0.890. The van der Waals surface area contributed by atoms with Crippen molar-refractivity contribution in [3.63, 3.8) is 0 Å². The highest BCUT2D eigenvalue weighted by Crippen LogP contribution is 2.51. The number of likely N-dealkylation sites (tertiary alicyclic amines) is 1. The zero-order chi connectivity index (χ0) is 15.3. The van der Waals surface area contributed by atoms with E-state index in [0.29, 0.717) is 22.6 Å². The Morgan fingerprint density at radius 2 is 2.22 bits per heavy atom. The van der Waals surface area contributed by atoms with Gasteiger partial charge < -0.3 is 14.6 Å². The second kappa shape index (κ2) is 6.50. The molecule has 1 aromatic rings. The molecular formula is C18H26ClNO3. The summed E-state index contributed by atoms with van der Waals surface area (Å²) in [5, 5.41) is 11.7. The van der Waals surface area contributed by atoms with Crippen molar-refractivity contribution >= 4 is 11.6 Å². The van der Waals surface area contributed by atoms with Crippen LogP contribution in [0, 0.1) is 5.92 Å². The number of benzene rings is 1. The van der Waals surface area contributed by atoms with Crippen LogP contribution in [-0.4, -0.2) is 35.9 Å². The molecule has 23 heavy (non-hydrogen) atoms. The van der Waals surface area contributed by atoms with Crippen molar-refractivity contribution in [2.75, 3.05) is 19.9 Å². The van der Waals surface area contributed by atoms with Gasteiger partial charge in [-0.05, 0) is 44.3 Å². The Kier molecular flexibility index (Phi) is 4.77. The van der Waals surface area contributed by atoms with Gasteiger partial charge in [-0.1, -0.05) is 26.0 Å². The minimum atomic E-state index is -0.512. The number of aliphatic hydroxyl groups excluding tert-OH is 1. The van der Waals surface area contributed by atoms with E-state index in [9.17, 15) is 5.11 Å². The summed E-state index contributed by atoms with van der Waals surface area (Å²) >= 11 is 6.48. The first-order valence-electron chi connectivity index (χ1n) is 8.23. The van der Waals surface area contributed by atoms with Crippen LogP contribution in [0.15, 0.2) is 6.07 Å². The van der Waals surface area contributed by atoms with E-state index in [2.05, 4.69) is 11.8 Å². The average molecular weight is 340 g/mol. The Hall–Kier alpha value is -0.970. The summed E-state index contributed by atoms with van der Waals surface area (Å²) in [5.74, 6) is 1.64. The van der Waals surface area contributed by atoms with E-state index in [0.717, 1.165) is 49.9 Å². The van der Waals surface area contributed by atoms with Gasteiger partial charge in [0.2, 0.25) is 6.79 Å². The lowest BCUT2D eigenvalue weighted by Crippen LogP contribution is -2.50. The Labute approximate surface area is 143 Å². The van der Waals surface area contributed by atoms with Gasteiger partial charge in [-0.25, -0.2) is 0 Å². The van der Waals surface area contributed by atoms with E-state index in [4.69, 9.17) is 21.1 Å². The zero-order valence-corrected chi connectivity index (χ0v) is 13.6. The Balaban J connectivity index is 0.00000156.